The molecule has 2 N–H and O–H groups in total. The molecule has 0 aromatic carbocycles. The van der Waals surface area contributed by atoms with E-state index in [0.717, 1.165) is 0 Å². The second-order valence-electron chi connectivity index (χ2n) is 3.30. The van der Waals surface area contributed by atoms with Crippen molar-refractivity contribution in [3.05, 3.63) is 30.3 Å². The van der Waals surface area contributed by atoms with Gasteiger partial charge < -0.3 is 9.73 Å². The van der Waals surface area contributed by atoms with Crippen LogP contribution in [0.4, 0.5) is 11.8 Å². The van der Waals surface area contributed by atoms with Crippen LogP contribution < -0.4 is 10.6 Å². The maximum Gasteiger partial charge on any atom is 0.321 e. The van der Waals surface area contributed by atoms with Gasteiger partial charge in [-0.15, -0.1) is 5.10 Å². The summed E-state index contributed by atoms with van der Waals surface area (Å²) in [6, 6.07) is 5.92. The third-order valence-electron chi connectivity index (χ3n) is 2.14. The van der Waals surface area contributed by atoms with Crippen LogP contribution in [0.15, 0.2) is 28.8 Å². The highest BCUT2D eigenvalue weighted by atomic mass is 16.4. The summed E-state index contributed by atoms with van der Waals surface area (Å²) in [6.07, 6.45) is 1.69. The summed E-state index contributed by atoms with van der Waals surface area (Å²) >= 11 is 0. The SMILES string of the molecule is CNC(C)c1nnc(Nc2ccccn2)o1. The molecule has 0 bridgehead atoms. The highest BCUT2D eigenvalue weighted by Crippen LogP contribution is 2.15. The molecule has 6 heteroatoms. The summed E-state index contributed by atoms with van der Waals surface area (Å²) in [4.78, 5) is 4.09. The van der Waals surface area contributed by atoms with Crippen LogP contribution in [-0.2, 0) is 0 Å². The van der Waals surface area contributed by atoms with Crippen LogP contribution in [0, 0.1) is 0 Å². The molecule has 2 aromatic heterocycles. The average molecular weight is 219 g/mol. The molecule has 0 saturated carbocycles. The van der Waals surface area contributed by atoms with Crippen LogP contribution in [-0.4, -0.2) is 22.2 Å². The van der Waals surface area contributed by atoms with E-state index in [1.807, 2.05) is 32.2 Å². The predicted molar refractivity (Wildman–Crippen MR) is 59.3 cm³/mol. The zero-order valence-electron chi connectivity index (χ0n) is 9.14. The van der Waals surface area contributed by atoms with Gasteiger partial charge in [-0.1, -0.05) is 11.2 Å². The topological polar surface area (TPSA) is 75.9 Å². The fourth-order valence-electron chi connectivity index (χ4n) is 1.13. The van der Waals surface area contributed by atoms with Gasteiger partial charge in [-0.2, -0.15) is 0 Å². The maximum absolute atomic E-state index is 5.40. The summed E-state index contributed by atoms with van der Waals surface area (Å²) < 4.78 is 5.40. The molecule has 0 aliphatic heterocycles. The van der Waals surface area contributed by atoms with Crippen LogP contribution in [0.3, 0.4) is 0 Å². The quantitative estimate of drug-likeness (QED) is 0.811. The van der Waals surface area contributed by atoms with Crippen LogP contribution in [0.5, 0.6) is 0 Å². The minimum atomic E-state index is 0.0341. The number of anilines is 2. The van der Waals surface area contributed by atoms with Gasteiger partial charge in [-0.05, 0) is 26.1 Å². The Hall–Kier alpha value is -1.95. The summed E-state index contributed by atoms with van der Waals surface area (Å²) in [5.74, 6) is 1.22. The third-order valence-corrected chi connectivity index (χ3v) is 2.14. The van der Waals surface area contributed by atoms with E-state index in [1.165, 1.54) is 0 Å². The lowest BCUT2D eigenvalue weighted by Crippen LogP contribution is -2.12. The molecule has 2 rings (SSSR count). The van der Waals surface area contributed by atoms with Gasteiger partial charge >= 0.3 is 6.01 Å². The van der Waals surface area contributed by atoms with Gasteiger partial charge in [-0.3, -0.25) is 5.32 Å². The third kappa shape index (κ3) is 2.34. The molecular weight excluding hydrogens is 206 g/mol. The Morgan fingerprint density at radius 2 is 2.19 bits per heavy atom. The highest BCUT2D eigenvalue weighted by molar-refractivity contribution is 5.44. The first kappa shape index (κ1) is 10.6. The molecule has 6 nitrogen and oxygen atoms in total. The molecule has 0 aliphatic carbocycles. The normalized spacial score (nSPS) is 12.4. The lowest BCUT2D eigenvalue weighted by atomic mass is 10.3. The fourth-order valence-corrected chi connectivity index (χ4v) is 1.13. The largest absolute Gasteiger partial charge is 0.406 e. The Labute approximate surface area is 93.1 Å². The van der Waals surface area contributed by atoms with E-state index in [-0.39, 0.29) is 6.04 Å². The van der Waals surface area contributed by atoms with Gasteiger partial charge in [0.2, 0.25) is 5.89 Å². The Morgan fingerprint density at radius 1 is 1.31 bits per heavy atom. The predicted octanol–water partition coefficient (Wildman–Crippen LogP) is 1.49. The average Bonchev–Trinajstić information content (AvgIpc) is 2.78. The summed E-state index contributed by atoms with van der Waals surface area (Å²) in [5.41, 5.74) is 0. The number of aromatic nitrogens is 3. The number of rotatable bonds is 4. The van der Waals surface area contributed by atoms with Crippen LogP contribution >= 0.6 is 0 Å². The number of hydrogen-bond donors (Lipinski definition) is 2. The van der Waals surface area contributed by atoms with Crippen molar-refractivity contribution in [1.82, 2.24) is 20.5 Å². The van der Waals surface area contributed by atoms with Crippen molar-refractivity contribution < 1.29 is 4.42 Å². The monoisotopic (exact) mass is 219 g/mol. The molecule has 0 aliphatic rings. The molecule has 2 heterocycles. The molecule has 0 saturated heterocycles. The van der Waals surface area contributed by atoms with E-state index in [0.29, 0.717) is 17.7 Å². The zero-order chi connectivity index (χ0) is 11.4. The van der Waals surface area contributed by atoms with E-state index >= 15 is 0 Å². The summed E-state index contributed by atoms with van der Waals surface area (Å²) in [5, 5.41) is 13.7. The number of nitrogens with zero attached hydrogens (tertiary/aromatic N) is 3. The van der Waals surface area contributed by atoms with Gasteiger partial charge in [0.1, 0.15) is 5.82 Å². The molecule has 16 heavy (non-hydrogen) atoms. The van der Waals surface area contributed by atoms with Crippen LogP contribution in [0.2, 0.25) is 0 Å². The fraction of sp³-hybridized carbons (Fsp3) is 0.300. The number of hydrogen-bond acceptors (Lipinski definition) is 6. The Balaban J connectivity index is 2.09. The number of pyridine rings is 1. The Kier molecular flexibility index (Phi) is 3.11. The zero-order valence-corrected chi connectivity index (χ0v) is 9.14. The summed E-state index contributed by atoms with van der Waals surface area (Å²) in [7, 11) is 1.83. The molecule has 0 radical (unpaired) electrons. The molecule has 0 spiro atoms. The molecule has 0 fully saturated rings. The highest BCUT2D eigenvalue weighted by Gasteiger charge is 2.11. The van der Waals surface area contributed by atoms with Crippen molar-refractivity contribution in [3.8, 4) is 0 Å². The van der Waals surface area contributed by atoms with E-state index < -0.39 is 0 Å². The standard InChI is InChI=1S/C10H13N5O/c1-7(11-2)9-14-15-10(16-9)13-8-5-3-4-6-12-8/h3-7,11H,1-2H3,(H,12,13,15). The minimum absolute atomic E-state index is 0.0341. The first-order chi connectivity index (χ1) is 7.79. The molecule has 0 amide bonds. The smallest absolute Gasteiger partial charge is 0.321 e. The molecule has 1 atom stereocenters. The van der Waals surface area contributed by atoms with Crippen molar-refractivity contribution in [2.24, 2.45) is 0 Å². The Morgan fingerprint density at radius 3 is 2.88 bits per heavy atom. The van der Waals surface area contributed by atoms with Crippen molar-refractivity contribution >= 4 is 11.8 Å². The first-order valence-electron chi connectivity index (χ1n) is 4.98. The second-order valence-corrected chi connectivity index (χ2v) is 3.30. The Bertz CT molecular complexity index is 441. The lowest BCUT2D eigenvalue weighted by molar-refractivity contribution is 0.443. The van der Waals surface area contributed by atoms with E-state index in [1.54, 1.807) is 6.20 Å². The van der Waals surface area contributed by atoms with E-state index in [2.05, 4.69) is 25.8 Å². The lowest BCUT2D eigenvalue weighted by Gasteiger charge is -2.02. The van der Waals surface area contributed by atoms with Crippen LogP contribution in [0.1, 0.15) is 18.9 Å². The van der Waals surface area contributed by atoms with E-state index in [4.69, 9.17) is 4.42 Å². The second kappa shape index (κ2) is 4.71. The summed E-state index contributed by atoms with van der Waals surface area (Å²) in [6.45, 7) is 1.94. The minimum Gasteiger partial charge on any atom is -0.406 e. The van der Waals surface area contributed by atoms with Crippen molar-refractivity contribution in [2.45, 2.75) is 13.0 Å². The van der Waals surface area contributed by atoms with Gasteiger partial charge in [0.25, 0.3) is 0 Å². The maximum atomic E-state index is 5.40. The van der Waals surface area contributed by atoms with Gasteiger partial charge in [0, 0.05) is 6.20 Å². The van der Waals surface area contributed by atoms with Crippen LogP contribution in [0.25, 0.3) is 0 Å². The van der Waals surface area contributed by atoms with Gasteiger partial charge in [0.05, 0.1) is 6.04 Å². The number of nitrogens with one attached hydrogen (secondary N) is 2. The molecule has 1 unspecified atom stereocenters. The van der Waals surface area contributed by atoms with Crippen molar-refractivity contribution in [1.29, 1.82) is 0 Å². The van der Waals surface area contributed by atoms with Gasteiger partial charge in [-0.25, -0.2) is 4.98 Å². The van der Waals surface area contributed by atoms with E-state index in [9.17, 15) is 0 Å². The molecule has 2 aromatic rings. The van der Waals surface area contributed by atoms with Gasteiger partial charge in [0.15, 0.2) is 0 Å². The molecule has 84 valence electrons. The molecular formula is C10H13N5O. The van der Waals surface area contributed by atoms with Crippen molar-refractivity contribution in [2.75, 3.05) is 12.4 Å². The first-order valence-corrected chi connectivity index (χ1v) is 4.98. The van der Waals surface area contributed by atoms with Crippen molar-refractivity contribution in [3.63, 3.8) is 0 Å².